The Morgan fingerprint density at radius 3 is 2.59 bits per heavy atom. The average molecular weight is 258 g/mol. The summed E-state index contributed by atoms with van der Waals surface area (Å²) in [7, 11) is 1.32. The molecule has 1 rings (SSSR count). The number of nitrogens with one attached hydrogen (secondary N) is 1. The Labute approximate surface area is 102 Å². The summed E-state index contributed by atoms with van der Waals surface area (Å²) in [6.45, 7) is 0.703. The fourth-order valence-corrected chi connectivity index (χ4v) is 2.76. The summed E-state index contributed by atoms with van der Waals surface area (Å²) in [5, 5.41) is 2.88. The highest BCUT2D eigenvalue weighted by Gasteiger charge is 2.22. The Morgan fingerprint density at radius 1 is 1.35 bits per heavy atom. The van der Waals surface area contributed by atoms with Crippen LogP contribution >= 0.6 is 0 Å². The zero-order chi connectivity index (χ0) is 12.9. The summed E-state index contributed by atoms with van der Waals surface area (Å²) >= 11 is 0. The molecule has 1 aromatic rings. The highest BCUT2D eigenvalue weighted by molar-refractivity contribution is 7.89. The van der Waals surface area contributed by atoms with Crippen molar-refractivity contribution in [2.75, 3.05) is 39.7 Å². The van der Waals surface area contributed by atoms with Crippen molar-refractivity contribution in [3.63, 3.8) is 0 Å². The molecule has 5 nitrogen and oxygen atoms in total. The second-order valence-electron chi connectivity index (χ2n) is 3.57. The molecule has 0 bridgehead atoms. The molecule has 6 heteroatoms. The van der Waals surface area contributed by atoms with Gasteiger partial charge < -0.3 is 10.1 Å². The van der Waals surface area contributed by atoms with E-state index in [0.29, 0.717) is 18.8 Å². The van der Waals surface area contributed by atoms with Crippen LogP contribution in [0.1, 0.15) is 0 Å². The Morgan fingerprint density at radius 2 is 2.00 bits per heavy atom. The van der Waals surface area contributed by atoms with Crippen LogP contribution in [0.5, 0.6) is 0 Å². The Kier molecular flexibility index (Phi) is 4.92. The van der Waals surface area contributed by atoms with Gasteiger partial charge in [-0.15, -0.1) is 0 Å². The number of ether oxygens (including phenoxy) is 1. The molecule has 17 heavy (non-hydrogen) atoms. The predicted octanol–water partition coefficient (Wildman–Crippen LogP) is 0.995. The van der Waals surface area contributed by atoms with Gasteiger partial charge in [-0.05, 0) is 12.1 Å². The van der Waals surface area contributed by atoms with Gasteiger partial charge in [-0.1, -0.05) is 12.1 Å². The molecule has 0 aliphatic rings. The molecule has 0 saturated heterocycles. The van der Waals surface area contributed by atoms with Crippen molar-refractivity contribution in [1.29, 1.82) is 0 Å². The standard InChI is InChI=1S/C11H18N2O3S/c1-12-10-6-4-5-7-11(10)17(14,15)13(2)8-9-16-3/h4-7,12H,8-9H2,1-3H3. The van der Waals surface area contributed by atoms with E-state index < -0.39 is 10.0 Å². The van der Waals surface area contributed by atoms with Gasteiger partial charge >= 0.3 is 0 Å². The number of hydrogen-bond donors (Lipinski definition) is 1. The van der Waals surface area contributed by atoms with Gasteiger partial charge in [0.15, 0.2) is 0 Å². The summed E-state index contributed by atoms with van der Waals surface area (Å²) in [5.74, 6) is 0. The van der Waals surface area contributed by atoms with Crippen LogP contribution in [-0.2, 0) is 14.8 Å². The van der Waals surface area contributed by atoms with Crippen molar-refractivity contribution in [1.82, 2.24) is 4.31 Å². The lowest BCUT2D eigenvalue weighted by Gasteiger charge is -2.18. The van der Waals surface area contributed by atoms with Crippen molar-refractivity contribution >= 4 is 15.7 Å². The highest BCUT2D eigenvalue weighted by atomic mass is 32.2. The fourth-order valence-electron chi connectivity index (χ4n) is 1.41. The van der Waals surface area contributed by atoms with Gasteiger partial charge in [0.1, 0.15) is 4.90 Å². The minimum absolute atomic E-state index is 0.279. The minimum atomic E-state index is -3.46. The summed E-state index contributed by atoms with van der Waals surface area (Å²) in [5.41, 5.74) is 0.594. The summed E-state index contributed by atoms with van der Waals surface area (Å²) in [4.78, 5) is 0.279. The van der Waals surface area contributed by atoms with Crippen LogP contribution in [0, 0.1) is 0 Å². The first-order valence-electron chi connectivity index (χ1n) is 5.26. The summed E-state index contributed by atoms with van der Waals surface area (Å²) < 4.78 is 30.7. The van der Waals surface area contributed by atoms with Crippen LogP contribution in [0.3, 0.4) is 0 Å². The molecule has 1 N–H and O–H groups in total. The van der Waals surface area contributed by atoms with Gasteiger partial charge in [0, 0.05) is 27.7 Å². The van der Waals surface area contributed by atoms with Crippen molar-refractivity contribution in [2.45, 2.75) is 4.90 Å². The monoisotopic (exact) mass is 258 g/mol. The number of likely N-dealkylation sites (N-methyl/N-ethyl adjacent to an activating group) is 1. The number of nitrogens with zero attached hydrogens (tertiary/aromatic N) is 1. The van der Waals surface area contributed by atoms with E-state index >= 15 is 0 Å². The summed E-state index contributed by atoms with van der Waals surface area (Å²) in [6.07, 6.45) is 0. The van der Waals surface area contributed by atoms with Crippen molar-refractivity contribution in [3.8, 4) is 0 Å². The second-order valence-corrected chi connectivity index (χ2v) is 5.58. The van der Waals surface area contributed by atoms with Crippen molar-refractivity contribution < 1.29 is 13.2 Å². The first-order chi connectivity index (χ1) is 8.04. The molecule has 0 aliphatic heterocycles. The number of para-hydroxylation sites is 1. The van der Waals surface area contributed by atoms with E-state index in [1.54, 1.807) is 45.5 Å². The molecule has 0 unspecified atom stereocenters. The van der Waals surface area contributed by atoms with E-state index in [9.17, 15) is 8.42 Å². The lowest BCUT2D eigenvalue weighted by atomic mass is 10.3. The van der Waals surface area contributed by atoms with Crippen LogP contribution in [0.4, 0.5) is 5.69 Å². The molecule has 0 fully saturated rings. The molecule has 96 valence electrons. The maximum atomic E-state index is 12.2. The fraction of sp³-hybridized carbons (Fsp3) is 0.455. The van der Waals surface area contributed by atoms with Gasteiger partial charge in [-0.3, -0.25) is 0 Å². The Bertz CT molecular complexity index is 460. The molecule has 0 aliphatic carbocycles. The number of hydrogen-bond acceptors (Lipinski definition) is 4. The second kappa shape index (κ2) is 6.00. The maximum Gasteiger partial charge on any atom is 0.244 e. The van der Waals surface area contributed by atoms with E-state index in [4.69, 9.17) is 4.74 Å². The largest absolute Gasteiger partial charge is 0.387 e. The highest BCUT2D eigenvalue weighted by Crippen LogP contribution is 2.22. The number of sulfonamides is 1. The Hall–Kier alpha value is -1.11. The van der Waals surface area contributed by atoms with E-state index in [1.807, 2.05) is 0 Å². The SMILES string of the molecule is CNc1ccccc1S(=O)(=O)N(C)CCOC. The van der Waals surface area contributed by atoms with Crippen LogP contribution < -0.4 is 5.32 Å². The van der Waals surface area contributed by atoms with Gasteiger partial charge in [-0.2, -0.15) is 4.31 Å². The lowest BCUT2D eigenvalue weighted by molar-refractivity contribution is 0.185. The van der Waals surface area contributed by atoms with Crippen LogP contribution in [0.15, 0.2) is 29.2 Å². The molecule has 0 spiro atoms. The molecule has 0 radical (unpaired) electrons. The van der Waals surface area contributed by atoms with E-state index in [0.717, 1.165) is 0 Å². The molecule has 0 atom stereocenters. The quantitative estimate of drug-likeness (QED) is 0.827. The third-order valence-corrected chi connectivity index (χ3v) is 4.37. The zero-order valence-electron chi connectivity index (χ0n) is 10.3. The molecular formula is C11H18N2O3S. The third kappa shape index (κ3) is 3.18. The van der Waals surface area contributed by atoms with Gasteiger partial charge in [0.2, 0.25) is 10.0 Å². The predicted molar refractivity (Wildman–Crippen MR) is 67.7 cm³/mol. The van der Waals surface area contributed by atoms with Gasteiger partial charge in [0.25, 0.3) is 0 Å². The molecule has 1 aromatic carbocycles. The summed E-state index contributed by atoms with van der Waals surface area (Å²) in [6, 6.07) is 6.82. The first-order valence-corrected chi connectivity index (χ1v) is 6.70. The van der Waals surface area contributed by atoms with E-state index in [2.05, 4.69) is 5.32 Å². The number of methoxy groups -OCH3 is 1. The van der Waals surface area contributed by atoms with Crippen LogP contribution in [-0.4, -0.2) is 47.1 Å². The van der Waals surface area contributed by atoms with Crippen molar-refractivity contribution in [2.24, 2.45) is 0 Å². The van der Waals surface area contributed by atoms with Crippen LogP contribution in [0.2, 0.25) is 0 Å². The Balaban J connectivity index is 3.04. The van der Waals surface area contributed by atoms with Gasteiger partial charge in [0.05, 0.1) is 12.3 Å². The number of benzene rings is 1. The van der Waals surface area contributed by atoms with E-state index in [1.165, 1.54) is 4.31 Å². The molecule has 0 amide bonds. The number of anilines is 1. The molecule has 0 heterocycles. The average Bonchev–Trinajstić information content (AvgIpc) is 2.35. The topological polar surface area (TPSA) is 58.6 Å². The minimum Gasteiger partial charge on any atom is -0.387 e. The normalized spacial score (nSPS) is 11.8. The van der Waals surface area contributed by atoms with Gasteiger partial charge in [-0.25, -0.2) is 8.42 Å². The molecule has 0 aromatic heterocycles. The first kappa shape index (κ1) is 14.0. The smallest absolute Gasteiger partial charge is 0.244 e. The van der Waals surface area contributed by atoms with E-state index in [-0.39, 0.29) is 4.90 Å². The molecular weight excluding hydrogens is 240 g/mol. The van der Waals surface area contributed by atoms with Crippen LogP contribution in [0.25, 0.3) is 0 Å². The maximum absolute atomic E-state index is 12.2. The van der Waals surface area contributed by atoms with Crippen molar-refractivity contribution in [3.05, 3.63) is 24.3 Å². The molecule has 0 saturated carbocycles. The number of rotatable bonds is 6. The third-order valence-electron chi connectivity index (χ3n) is 2.45. The zero-order valence-corrected chi connectivity index (χ0v) is 11.1. The lowest BCUT2D eigenvalue weighted by Crippen LogP contribution is -2.30.